The van der Waals surface area contributed by atoms with Crippen molar-refractivity contribution in [3.05, 3.63) is 50.4 Å². The molecule has 5 heteroatoms. The van der Waals surface area contributed by atoms with Crippen LogP contribution in [0.4, 0.5) is 5.69 Å². The number of aryl methyl sites for hydroxylation is 3. The van der Waals surface area contributed by atoms with E-state index in [2.05, 4.69) is 10.4 Å². The highest BCUT2D eigenvalue weighted by Gasteiger charge is 2.05. The maximum atomic E-state index is 11.2. The second-order valence-corrected chi connectivity index (χ2v) is 4.85. The Labute approximate surface area is 111 Å². The van der Waals surface area contributed by atoms with Gasteiger partial charge in [-0.25, -0.2) is 0 Å². The number of aromatic amines is 1. The summed E-state index contributed by atoms with van der Waals surface area (Å²) in [5, 5.41) is 6.76. The third-order valence-corrected chi connectivity index (χ3v) is 3.38. The van der Waals surface area contributed by atoms with Gasteiger partial charge in [-0.2, -0.15) is 0 Å². The van der Waals surface area contributed by atoms with E-state index in [4.69, 9.17) is 11.6 Å². The van der Waals surface area contributed by atoms with Crippen molar-refractivity contribution in [1.82, 2.24) is 9.78 Å². The van der Waals surface area contributed by atoms with Crippen LogP contribution in [-0.4, -0.2) is 9.78 Å². The van der Waals surface area contributed by atoms with Gasteiger partial charge in [0.25, 0.3) is 5.56 Å². The summed E-state index contributed by atoms with van der Waals surface area (Å²) in [5.74, 6) is 0. The van der Waals surface area contributed by atoms with Crippen LogP contribution in [0.25, 0.3) is 0 Å². The molecule has 2 rings (SSSR count). The maximum absolute atomic E-state index is 11.2. The summed E-state index contributed by atoms with van der Waals surface area (Å²) in [7, 11) is 1.82. The highest BCUT2D eigenvalue weighted by molar-refractivity contribution is 6.31. The molecule has 0 saturated heterocycles. The van der Waals surface area contributed by atoms with Crippen LogP contribution in [-0.2, 0) is 13.6 Å². The van der Waals surface area contributed by atoms with E-state index in [1.54, 1.807) is 10.7 Å². The van der Waals surface area contributed by atoms with Gasteiger partial charge in [0.2, 0.25) is 0 Å². The molecule has 0 saturated carbocycles. The van der Waals surface area contributed by atoms with E-state index in [1.807, 2.05) is 33.0 Å². The SMILES string of the molecule is Cc1cc(NCc2cc(=O)[nH]n2C)c(C)cc1Cl. The summed E-state index contributed by atoms with van der Waals surface area (Å²) >= 11 is 6.05. The number of aromatic nitrogens is 2. The summed E-state index contributed by atoms with van der Waals surface area (Å²) in [6, 6.07) is 5.54. The van der Waals surface area contributed by atoms with E-state index < -0.39 is 0 Å². The van der Waals surface area contributed by atoms with Crippen LogP contribution in [0.3, 0.4) is 0 Å². The van der Waals surface area contributed by atoms with Gasteiger partial charge in [-0.15, -0.1) is 0 Å². The van der Waals surface area contributed by atoms with Gasteiger partial charge >= 0.3 is 0 Å². The minimum atomic E-state index is -0.0849. The monoisotopic (exact) mass is 265 g/mol. The van der Waals surface area contributed by atoms with E-state index in [0.717, 1.165) is 27.5 Å². The second-order valence-electron chi connectivity index (χ2n) is 4.44. The molecule has 0 unspecified atom stereocenters. The van der Waals surface area contributed by atoms with Gasteiger partial charge in [0.1, 0.15) is 0 Å². The van der Waals surface area contributed by atoms with Crippen molar-refractivity contribution in [1.29, 1.82) is 0 Å². The molecule has 2 N–H and O–H groups in total. The van der Waals surface area contributed by atoms with Crippen LogP contribution in [0.5, 0.6) is 0 Å². The van der Waals surface area contributed by atoms with Gasteiger partial charge < -0.3 is 5.32 Å². The van der Waals surface area contributed by atoms with Crippen LogP contribution in [0.2, 0.25) is 5.02 Å². The average Bonchev–Trinajstić information content (AvgIpc) is 2.61. The molecular weight excluding hydrogens is 250 g/mol. The van der Waals surface area contributed by atoms with Crippen molar-refractivity contribution in [2.45, 2.75) is 20.4 Å². The molecule has 1 heterocycles. The molecule has 1 aromatic heterocycles. The zero-order valence-corrected chi connectivity index (χ0v) is 11.4. The number of anilines is 1. The van der Waals surface area contributed by atoms with Crippen LogP contribution in [0, 0.1) is 13.8 Å². The molecule has 2 aromatic rings. The van der Waals surface area contributed by atoms with E-state index in [0.29, 0.717) is 6.54 Å². The van der Waals surface area contributed by atoms with E-state index in [9.17, 15) is 4.79 Å². The van der Waals surface area contributed by atoms with E-state index in [-0.39, 0.29) is 5.56 Å². The molecule has 0 spiro atoms. The highest BCUT2D eigenvalue weighted by Crippen LogP contribution is 2.24. The van der Waals surface area contributed by atoms with Crippen molar-refractivity contribution < 1.29 is 0 Å². The van der Waals surface area contributed by atoms with Gasteiger partial charge in [0.05, 0.1) is 12.2 Å². The van der Waals surface area contributed by atoms with Crippen molar-refractivity contribution in [3.8, 4) is 0 Å². The van der Waals surface area contributed by atoms with Gasteiger partial charge in [0, 0.05) is 23.8 Å². The number of halogens is 1. The predicted octanol–water partition coefficient (Wildman–Crippen LogP) is 2.60. The molecule has 0 atom stereocenters. The van der Waals surface area contributed by atoms with Gasteiger partial charge in [-0.1, -0.05) is 11.6 Å². The van der Waals surface area contributed by atoms with Gasteiger partial charge in [0.15, 0.2) is 0 Å². The molecular formula is C13H16ClN3O. The first-order valence-electron chi connectivity index (χ1n) is 5.73. The zero-order valence-electron chi connectivity index (χ0n) is 10.7. The molecule has 0 aliphatic rings. The quantitative estimate of drug-likeness (QED) is 0.896. The Hall–Kier alpha value is -1.68. The first-order chi connectivity index (χ1) is 8.47. The molecule has 0 amide bonds. The van der Waals surface area contributed by atoms with Crippen LogP contribution >= 0.6 is 11.6 Å². The van der Waals surface area contributed by atoms with Crippen molar-refractivity contribution in [2.24, 2.45) is 7.05 Å². The second kappa shape index (κ2) is 4.90. The minimum absolute atomic E-state index is 0.0849. The van der Waals surface area contributed by atoms with E-state index >= 15 is 0 Å². The number of nitrogens with one attached hydrogen (secondary N) is 2. The predicted molar refractivity (Wildman–Crippen MR) is 74.3 cm³/mol. The van der Waals surface area contributed by atoms with Gasteiger partial charge in [-0.05, 0) is 37.1 Å². The smallest absolute Gasteiger partial charge is 0.264 e. The number of hydrogen-bond acceptors (Lipinski definition) is 2. The lowest BCUT2D eigenvalue weighted by Crippen LogP contribution is -2.06. The molecule has 0 aliphatic carbocycles. The third-order valence-electron chi connectivity index (χ3n) is 2.97. The Balaban J connectivity index is 2.18. The lowest BCUT2D eigenvalue weighted by atomic mass is 10.1. The zero-order chi connectivity index (χ0) is 13.3. The van der Waals surface area contributed by atoms with Crippen LogP contribution in [0.15, 0.2) is 23.0 Å². The molecule has 4 nitrogen and oxygen atoms in total. The largest absolute Gasteiger partial charge is 0.379 e. The summed E-state index contributed by atoms with van der Waals surface area (Å²) in [5.41, 5.74) is 3.98. The summed E-state index contributed by atoms with van der Waals surface area (Å²) in [4.78, 5) is 11.2. The Bertz CT molecular complexity index is 628. The lowest BCUT2D eigenvalue weighted by Gasteiger charge is -2.11. The lowest BCUT2D eigenvalue weighted by molar-refractivity contribution is 0.713. The molecule has 0 aliphatic heterocycles. The van der Waals surface area contributed by atoms with Crippen molar-refractivity contribution in [3.63, 3.8) is 0 Å². The third kappa shape index (κ3) is 2.59. The summed E-state index contributed by atoms with van der Waals surface area (Å²) < 4.78 is 1.72. The van der Waals surface area contributed by atoms with Crippen LogP contribution in [0.1, 0.15) is 16.8 Å². The summed E-state index contributed by atoms with van der Waals surface area (Å²) in [6.07, 6.45) is 0. The molecule has 96 valence electrons. The topological polar surface area (TPSA) is 49.8 Å². The Morgan fingerprint density at radius 2 is 2.00 bits per heavy atom. The molecule has 1 aromatic carbocycles. The van der Waals surface area contributed by atoms with Crippen molar-refractivity contribution >= 4 is 17.3 Å². The Morgan fingerprint density at radius 1 is 1.28 bits per heavy atom. The number of H-pyrrole nitrogens is 1. The van der Waals surface area contributed by atoms with E-state index in [1.165, 1.54) is 0 Å². The number of nitrogens with zero attached hydrogens (tertiary/aromatic N) is 1. The molecule has 0 fully saturated rings. The number of rotatable bonds is 3. The molecule has 18 heavy (non-hydrogen) atoms. The fourth-order valence-electron chi connectivity index (χ4n) is 1.84. The highest BCUT2D eigenvalue weighted by atomic mass is 35.5. The fraction of sp³-hybridized carbons (Fsp3) is 0.308. The number of hydrogen-bond donors (Lipinski definition) is 2. The summed E-state index contributed by atoms with van der Waals surface area (Å²) in [6.45, 7) is 4.57. The Kier molecular flexibility index (Phi) is 3.48. The standard InChI is InChI=1S/C13H16ClN3O/c1-8-5-12(9(2)4-11(8)14)15-7-10-6-13(18)16-17(10)3/h4-6,15H,7H2,1-3H3,(H,16,18). The normalized spacial score (nSPS) is 10.7. The Morgan fingerprint density at radius 3 is 2.61 bits per heavy atom. The van der Waals surface area contributed by atoms with Crippen molar-refractivity contribution in [2.75, 3.05) is 5.32 Å². The first kappa shape index (κ1) is 12.8. The minimum Gasteiger partial charge on any atom is -0.379 e. The van der Waals surface area contributed by atoms with Gasteiger partial charge in [-0.3, -0.25) is 14.6 Å². The van der Waals surface area contributed by atoms with Crippen LogP contribution < -0.4 is 10.9 Å². The molecule has 0 radical (unpaired) electrons. The molecule has 0 bridgehead atoms. The fourth-order valence-corrected chi connectivity index (χ4v) is 2.06. The maximum Gasteiger partial charge on any atom is 0.264 e. The number of benzene rings is 1. The first-order valence-corrected chi connectivity index (χ1v) is 6.10. The average molecular weight is 266 g/mol.